The largest absolute Gasteiger partial charge is 0.364 e. The van der Waals surface area contributed by atoms with Gasteiger partial charge in [-0.05, 0) is 35.0 Å². The van der Waals surface area contributed by atoms with Gasteiger partial charge in [0, 0.05) is 12.0 Å². The Bertz CT molecular complexity index is 648. The van der Waals surface area contributed by atoms with Crippen LogP contribution in [0.25, 0.3) is 11.1 Å². The molecule has 3 rings (SSSR count). The number of nitrogens with zero attached hydrogens (tertiary/aromatic N) is 1. The monoisotopic (exact) mass is 254 g/mol. The lowest BCUT2D eigenvalue weighted by Crippen LogP contribution is -2.11. The smallest absolute Gasteiger partial charge is 0.161 e. The van der Waals surface area contributed by atoms with E-state index in [9.17, 15) is 0 Å². The third-order valence-electron chi connectivity index (χ3n) is 3.05. The first-order valence-corrected chi connectivity index (χ1v) is 6.00. The lowest BCUT2D eigenvalue weighted by atomic mass is 10.1. The maximum atomic E-state index is 5.37. The topological polar surface area (TPSA) is 33.6 Å². The van der Waals surface area contributed by atoms with Gasteiger partial charge in [0.2, 0.25) is 0 Å². The summed E-state index contributed by atoms with van der Waals surface area (Å²) in [6.07, 6.45) is 0.880. The van der Waals surface area contributed by atoms with E-state index in [2.05, 4.69) is 58.4 Å². The highest BCUT2D eigenvalue weighted by atomic mass is 32.1. The minimum absolute atomic E-state index is 0.776. The van der Waals surface area contributed by atoms with Crippen molar-refractivity contribution >= 4 is 17.4 Å². The van der Waals surface area contributed by atoms with E-state index in [-0.39, 0.29) is 0 Å². The van der Waals surface area contributed by atoms with Gasteiger partial charge in [-0.2, -0.15) is 0 Å². The number of fused-ring (bicyclic) bond motifs is 3. The molecular weight excluding hydrogens is 244 g/mol. The van der Waals surface area contributed by atoms with Crippen molar-refractivity contribution < 1.29 is 4.84 Å². The summed E-state index contributed by atoms with van der Waals surface area (Å²) in [6, 6.07) is 14.4. The average Bonchev–Trinajstić information content (AvgIpc) is 2.79. The number of thiocarbonyl (C=S) groups is 1. The van der Waals surface area contributed by atoms with Crippen molar-refractivity contribution in [2.75, 3.05) is 0 Å². The second-order valence-corrected chi connectivity index (χ2v) is 4.20. The molecule has 2 aromatic carbocycles. The van der Waals surface area contributed by atoms with Gasteiger partial charge in [0.1, 0.15) is 0 Å². The Labute approximate surface area is 110 Å². The molecule has 1 N–H and O–H groups in total. The van der Waals surface area contributed by atoms with Crippen molar-refractivity contribution in [3.8, 4) is 16.9 Å². The third kappa shape index (κ3) is 1.78. The molecule has 0 fully saturated rings. The molecule has 1 aliphatic rings. The Morgan fingerprint density at radius 2 is 1.94 bits per heavy atom. The summed E-state index contributed by atoms with van der Waals surface area (Å²) in [5, 5.41) is 5.73. The van der Waals surface area contributed by atoms with Crippen molar-refractivity contribution in [3.05, 3.63) is 53.6 Å². The van der Waals surface area contributed by atoms with Gasteiger partial charge < -0.3 is 4.84 Å². The molecule has 4 heteroatoms. The van der Waals surface area contributed by atoms with Crippen LogP contribution >= 0.6 is 12.2 Å². The van der Waals surface area contributed by atoms with Crippen LogP contribution in [0.2, 0.25) is 0 Å². The van der Waals surface area contributed by atoms with Crippen molar-refractivity contribution in [2.24, 2.45) is 5.10 Å². The number of hydrazone groups is 1. The van der Waals surface area contributed by atoms with E-state index in [1.54, 1.807) is 0 Å². The van der Waals surface area contributed by atoms with Gasteiger partial charge in [0.25, 0.3) is 0 Å². The van der Waals surface area contributed by atoms with E-state index >= 15 is 0 Å². The molecule has 3 nitrogen and oxygen atoms in total. The predicted molar refractivity (Wildman–Crippen MR) is 73.5 cm³/mol. The zero-order valence-electron chi connectivity index (χ0n) is 9.51. The van der Waals surface area contributed by atoms with Crippen molar-refractivity contribution in [2.45, 2.75) is 6.42 Å². The highest BCUT2D eigenvalue weighted by Crippen LogP contribution is 2.40. The normalized spacial score (nSPS) is 11.1. The van der Waals surface area contributed by atoms with E-state index in [0.29, 0.717) is 0 Å². The first-order valence-electron chi connectivity index (χ1n) is 5.59. The minimum atomic E-state index is 0.776. The van der Waals surface area contributed by atoms with Gasteiger partial charge in [-0.15, -0.1) is 5.59 Å². The summed E-state index contributed by atoms with van der Waals surface area (Å²) in [5.74, 6) is 0.776. The van der Waals surface area contributed by atoms with Crippen molar-refractivity contribution in [3.63, 3.8) is 0 Å². The maximum Gasteiger partial charge on any atom is 0.161 e. The highest BCUT2D eigenvalue weighted by Gasteiger charge is 2.21. The fourth-order valence-corrected chi connectivity index (χ4v) is 2.35. The highest BCUT2D eigenvalue weighted by molar-refractivity contribution is 7.78. The van der Waals surface area contributed by atoms with Gasteiger partial charge in [-0.1, -0.05) is 41.5 Å². The fraction of sp³-hybridized carbons (Fsp3) is 0.0714. The van der Waals surface area contributed by atoms with Crippen molar-refractivity contribution in [1.29, 1.82) is 0 Å². The van der Waals surface area contributed by atoms with Gasteiger partial charge in [-0.3, -0.25) is 0 Å². The number of hydrogen-bond donors (Lipinski definition) is 1. The molecule has 0 amide bonds. The average molecular weight is 254 g/mol. The van der Waals surface area contributed by atoms with Crippen LogP contribution in [0.15, 0.2) is 47.6 Å². The molecule has 0 spiro atoms. The molecule has 2 aromatic rings. The Hall–Kier alpha value is -2.16. The van der Waals surface area contributed by atoms with Gasteiger partial charge in [-0.25, -0.2) is 0 Å². The molecule has 0 atom stereocenters. The second-order valence-electron chi connectivity index (χ2n) is 4.01. The number of nitrogens with one attached hydrogen (secondary N) is 1. The molecule has 0 aromatic heterocycles. The predicted octanol–water partition coefficient (Wildman–Crippen LogP) is 3.16. The van der Waals surface area contributed by atoms with Gasteiger partial charge >= 0.3 is 0 Å². The zero-order chi connectivity index (χ0) is 12.4. The van der Waals surface area contributed by atoms with Crippen LogP contribution in [-0.2, 0) is 6.42 Å². The molecule has 18 heavy (non-hydrogen) atoms. The molecule has 1 aliphatic carbocycles. The Morgan fingerprint density at radius 1 is 1.11 bits per heavy atom. The molecule has 0 bridgehead atoms. The van der Waals surface area contributed by atoms with Crippen LogP contribution in [0.4, 0.5) is 0 Å². The molecular formula is C14H10N2OS. The number of hydrogen-bond acceptors (Lipinski definition) is 4. The lowest BCUT2D eigenvalue weighted by Gasteiger charge is -2.07. The maximum absolute atomic E-state index is 5.37. The van der Waals surface area contributed by atoms with E-state index in [4.69, 9.17) is 4.84 Å². The molecule has 0 aliphatic heterocycles. The van der Waals surface area contributed by atoms with Crippen molar-refractivity contribution in [1.82, 2.24) is 5.59 Å². The molecule has 0 saturated heterocycles. The first-order chi connectivity index (χ1) is 8.90. The summed E-state index contributed by atoms with van der Waals surface area (Å²) in [4.78, 5) is 5.37. The van der Waals surface area contributed by atoms with E-state index in [1.165, 1.54) is 22.3 Å². The third-order valence-corrected chi connectivity index (χ3v) is 3.15. The van der Waals surface area contributed by atoms with Gasteiger partial charge in [0.05, 0.1) is 5.16 Å². The van der Waals surface area contributed by atoms with Crippen LogP contribution in [0.5, 0.6) is 5.75 Å². The Morgan fingerprint density at radius 3 is 2.83 bits per heavy atom. The van der Waals surface area contributed by atoms with Crippen LogP contribution in [-0.4, -0.2) is 5.16 Å². The number of benzene rings is 2. The van der Waals surface area contributed by atoms with E-state index < -0.39 is 0 Å². The van der Waals surface area contributed by atoms with Crippen LogP contribution < -0.4 is 10.4 Å². The molecule has 88 valence electrons. The van der Waals surface area contributed by atoms with Crippen LogP contribution in [0.1, 0.15) is 11.1 Å². The molecule has 0 heterocycles. The fourth-order valence-electron chi connectivity index (χ4n) is 2.31. The summed E-state index contributed by atoms with van der Waals surface area (Å²) in [5.41, 5.74) is 7.40. The number of isothiocyanates is 1. The molecule has 0 unspecified atom stereocenters. The van der Waals surface area contributed by atoms with E-state index in [0.717, 1.165) is 12.2 Å². The van der Waals surface area contributed by atoms with Crippen LogP contribution in [0.3, 0.4) is 0 Å². The summed E-state index contributed by atoms with van der Waals surface area (Å²) in [6.45, 7) is 0. The molecule has 0 radical (unpaired) electrons. The number of rotatable bonds is 3. The Balaban J connectivity index is 2.00. The first kappa shape index (κ1) is 11.0. The summed E-state index contributed by atoms with van der Waals surface area (Å²) < 4.78 is 0. The standard InChI is InChI=1S/C14H10N2OS/c18-9-15-16-17-14-7-3-6-12-11-5-2-1-4-10(11)8-13(12)14/h1-7,16H,8H2. The quantitative estimate of drug-likeness (QED) is 0.443. The van der Waals surface area contributed by atoms with Crippen LogP contribution in [0, 0.1) is 0 Å². The Kier molecular flexibility index (Phi) is 2.81. The molecule has 0 saturated carbocycles. The SMILES string of the molecule is S=C=NNOc1cccc2c1Cc1ccccc1-2. The minimum Gasteiger partial charge on any atom is -0.364 e. The van der Waals surface area contributed by atoms with Gasteiger partial charge in [0.15, 0.2) is 5.75 Å². The van der Waals surface area contributed by atoms with E-state index in [1.807, 2.05) is 12.1 Å². The second kappa shape index (κ2) is 4.61. The zero-order valence-corrected chi connectivity index (χ0v) is 10.3. The summed E-state index contributed by atoms with van der Waals surface area (Å²) >= 11 is 4.46. The summed E-state index contributed by atoms with van der Waals surface area (Å²) in [7, 11) is 0. The lowest BCUT2D eigenvalue weighted by molar-refractivity contribution is 0.201.